The summed E-state index contributed by atoms with van der Waals surface area (Å²) in [6.45, 7) is 15.6. The normalized spacial score (nSPS) is 14.4. The molecule has 0 amide bonds. The summed E-state index contributed by atoms with van der Waals surface area (Å²) in [5.74, 6) is 1.29. The Labute approximate surface area is 212 Å². The second-order valence-corrected chi connectivity index (χ2v) is 11.0. The van der Waals surface area contributed by atoms with Crippen molar-refractivity contribution in [1.82, 2.24) is 9.55 Å². The molecule has 1 aromatic carbocycles. The third kappa shape index (κ3) is 5.11. The van der Waals surface area contributed by atoms with Crippen LogP contribution in [0.5, 0.6) is 0 Å². The third-order valence-corrected chi connectivity index (χ3v) is 7.84. The lowest BCUT2D eigenvalue weighted by Gasteiger charge is -2.33. The lowest BCUT2D eigenvalue weighted by atomic mass is 9.98. The fourth-order valence-corrected chi connectivity index (χ4v) is 6.15. The van der Waals surface area contributed by atoms with Crippen LogP contribution < -0.4 is 4.90 Å². The summed E-state index contributed by atoms with van der Waals surface area (Å²) in [7, 11) is 0. The van der Waals surface area contributed by atoms with E-state index in [4.69, 9.17) is 14.6 Å². The average molecular weight is 577 g/mol. The maximum absolute atomic E-state index is 8.12. The SMILES string of the molecule is Cc1cc(N2CCC(C)CC2)c2c(C)c(C)n(-c3c(Br)cc(C(C)C)cc3Br)c2n1.O=C=O. The minimum atomic E-state index is 0.250. The van der Waals surface area contributed by atoms with Gasteiger partial charge in [-0.1, -0.05) is 20.8 Å². The van der Waals surface area contributed by atoms with Crippen molar-refractivity contribution < 1.29 is 9.59 Å². The summed E-state index contributed by atoms with van der Waals surface area (Å²) in [4.78, 5) is 23.9. The number of hydrogen-bond donors (Lipinski definition) is 0. The van der Waals surface area contributed by atoms with Gasteiger partial charge in [-0.3, -0.25) is 4.57 Å². The van der Waals surface area contributed by atoms with Gasteiger partial charge < -0.3 is 4.90 Å². The molecule has 176 valence electrons. The van der Waals surface area contributed by atoms with E-state index in [0.717, 1.165) is 45.0 Å². The van der Waals surface area contributed by atoms with E-state index in [1.165, 1.54) is 40.7 Å². The number of nitrogens with zero attached hydrogens (tertiary/aromatic N) is 3. The number of halogens is 2. The van der Waals surface area contributed by atoms with Crippen LogP contribution in [0.15, 0.2) is 27.1 Å². The van der Waals surface area contributed by atoms with E-state index >= 15 is 0 Å². The maximum atomic E-state index is 8.12. The number of fused-ring (bicyclic) bond motifs is 1. The summed E-state index contributed by atoms with van der Waals surface area (Å²) in [5.41, 5.74) is 8.47. The molecule has 0 aliphatic carbocycles. The first-order valence-electron chi connectivity index (χ1n) is 11.3. The predicted octanol–water partition coefficient (Wildman–Crippen LogP) is 7.25. The summed E-state index contributed by atoms with van der Waals surface area (Å²) in [6.07, 6.45) is 2.77. The van der Waals surface area contributed by atoms with Gasteiger partial charge in [0.1, 0.15) is 5.65 Å². The summed E-state index contributed by atoms with van der Waals surface area (Å²) in [6, 6.07) is 6.77. The van der Waals surface area contributed by atoms with Gasteiger partial charge in [0.15, 0.2) is 0 Å². The molecule has 3 heterocycles. The standard InChI is InChI=1S/C25H31Br2N3.CO2/c1-14(2)19-12-20(26)24(21(27)13-19)30-18(6)17(5)23-22(11-16(4)28-25(23)30)29-9-7-15(3)8-10-29;2-1-3/h11-15H,7-10H2,1-6H3;. The topological polar surface area (TPSA) is 55.2 Å². The number of carbonyl (C=O) groups excluding carboxylic acids is 2. The second-order valence-electron chi connectivity index (χ2n) is 9.27. The molecule has 7 heteroatoms. The van der Waals surface area contributed by atoms with Crippen LogP contribution in [0.2, 0.25) is 0 Å². The van der Waals surface area contributed by atoms with Crippen molar-refractivity contribution in [3.05, 3.63) is 49.7 Å². The van der Waals surface area contributed by atoms with Gasteiger partial charge in [0.25, 0.3) is 0 Å². The van der Waals surface area contributed by atoms with E-state index in [9.17, 15) is 0 Å². The molecule has 1 fully saturated rings. The largest absolute Gasteiger partial charge is 0.373 e. The second kappa shape index (κ2) is 10.5. The lowest BCUT2D eigenvalue weighted by molar-refractivity contribution is -0.191. The van der Waals surface area contributed by atoms with Crippen molar-refractivity contribution in [2.24, 2.45) is 5.92 Å². The zero-order valence-electron chi connectivity index (χ0n) is 20.1. The number of hydrogen-bond acceptors (Lipinski definition) is 4. The van der Waals surface area contributed by atoms with Gasteiger partial charge in [-0.25, -0.2) is 4.98 Å². The van der Waals surface area contributed by atoms with Crippen molar-refractivity contribution in [3.8, 4) is 5.69 Å². The summed E-state index contributed by atoms with van der Waals surface area (Å²) >= 11 is 7.73. The highest BCUT2D eigenvalue weighted by molar-refractivity contribution is 9.11. The van der Waals surface area contributed by atoms with Crippen LogP contribution >= 0.6 is 31.9 Å². The van der Waals surface area contributed by atoms with Gasteiger partial charge in [0.2, 0.25) is 0 Å². The molecule has 0 radical (unpaired) electrons. The molecule has 0 spiro atoms. The molecule has 4 rings (SSSR count). The van der Waals surface area contributed by atoms with Crippen molar-refractivity contribution in [2.75, 3.05) is 18.0 Å². The van der Waals surface area contributed by atoms with Crippen LogP contribution in [0.25, 0.3) is 16.7 Å². The number of rotatable bonds is 3. The molecule has 0 atom stereocenters. The number of piperidine rings is 1. The van der Waals surface area contributed by atoms with Gasteiger partial charge in [-0.15, -0.1) is 0 Å². The molecular formula is C26H31Br2N3O2. The predicted molar refractivity (Wildman–Crippen MR) is 140 cm³/mol. The van der Waals surface area contributed by atoms with Crippen molar-refractivity contribution in [1.29, 1.82) is 0 Å². The Morgan fingerprint density at radius 1 is 1.03 bits per heavy atom. The Bertz CT molecular complexity index is 1180. The van der Waals surface area contributed by atoms with E-state index in [1.54, 1.807) is 0 Å². The quantitative estimate of drug-likeness (QED) is 0.329. The highest BCUT2D eigenvalue weighted by Gasteiger charge is 2.25. The van der Waals surface area contributed by atoms with Crippen molar-refractivity contribution in [2.45, 2.75) is 60.3 Å². The van der Waals surface area contributed by atoms with Gasteiger partial charge in [-0.05, 0) is 107 Å². The minimum absolute atomic E-state index is 0.250. The Kier molecular flexibility index (Phi) is 8.20. The van der Waals surface area contributed by atoms with Gasteiger partial charge in [-0.2, -0.15) is 9.59 Å². The molecule has 2 aromatic heterocycles. The van der Waals surface area contributed by atoms with Crippen LogP contribution in [-0.2, 0) is 9.59 Å². The Hall–Kier alpha value is -1.95. The summed E-state index contributed by atoms with van der Waals surface area (Å²) < 4.78 is 4.51. The van der Waals surface area contributed by atoms with Crippen LogP contribution in [-0.4, -0.2) is 28.8 Å². The number of aryl methyl sites for hydroxylation is 2. The number of benzene rings is 1. The van der Waals surface area contributed by atoms with E-state index in [0.29, 0.717) is 5.92 Å². The monoisotopic (exact) mass is 575 g/mol. The van der Waals surface area contributed by atoms with E-state index in [1.807, 2.05) is 0 Å². The lowest BCUT2D eigenvalue weighted by Crippen LogP contribution is -2.33. The van der Waals surface area contributed by atoms with Gasteiger partial charge in [0.05, 0.1) is 5.69 Å². The smallest absolute Gasteiger partial charge is 0.371 e. The molecule has 1 saturated heterocycles. The molecule has 3 aromatic rings. The molecule has 0 N–H and O–H groups in total. The van der Waals surface area contributed by atoms with E-state index in [-0.39, 0.29) is 6.15 Å². The minimum Gasteiger partial charge on any atom is -0.371 e. The van der Waals surface area contributed by atoms with E-state index < -0.39 is 0 Å². The molecule has 0 bridgehead atoms. The third-order valence-electron chi connectivity index (χ3n) is 6.63. The molecule has 1 aliphatic rings. The highest BCUT2D eigenvalue weighted by atomic mass is 79.9. The Morgan fingerprint density at radius 2 is 1.58 bits per heavy atom. The van der Waals surface area contributed by atoms with Gasteiger partial charge in [0, 0.05) is 44.5 Å². The number of aromatic nitrogens is 2. The van der Waals surface area contributed by atoms with Crippen LogP contribution in [0.4, 0.5) is 5.69 Å². The summed E-state index contributed by atoms with van der Waals surface area (Å²) in [5, 5.41) is 1.29. The van der Waals surface area contributed by atoms with Crippen molar-refractivity contribution in [3.63, 3.8) is 0 Å². The molecule has 0 unspecified atom stereocenters. The zero-order valence-corrected chi connectivity index (χ0v) is 23.3. The van der Waals surface area contributed by atoms with Gasteiger partial charge >= 0.3 is 6.15 Å². The highest BCUT2D eigenvalue weighted by Crippen LogP contribution is 2.41. The van der Waals surface area contributed by atoms with Crippen molar-refractivity contribution >= 4 is 54.7 Å². The fraction of sp³-hybridized carbons (Fsp3) is 0.462. The maximum Gasteiger partial charge on any atom is 0.373 e. The first-order chi connectivity index (χ1) is 15.6. The molecule has 5 nitrogen and oxygen atoms in total. The molecular weight excluding hydrogens is 546 g/mol. The Morgan fingerprint density at radius 3 is 2.09 bits per heavy atom. The first-order valence-corrected chi connectivity index (χ1v) is 12.9. The zero-order chi connectivity index (χ0) is 24.4. The molecule has 1 aliphatic heterocycles. The van der Waals surface area contributed by atoms with Crippen LogP contribution in [0, 0.1) is 26.7 Å². The average Bonchev–Trinajstić information content (AvgIpc) is 2.98. The fourth-order valence-electron chi connectivity index (χ4n) is 4.57. The number of anilines is 1. The number of pyridine rings is 1. The Balaban J connectivity index is 0.000000968. The van der Waals surface area contributed by atoms with E-state index in [2.05, 4.69) is 101 Å². The molecule has 0 saturated carbocycles. The van der Waals surface area contributed by atoms with Crippen LogP contribution in [0.1, 0.15) is 62.0 Å². The van der Waals surface area contributed by atoms with Crippen LogP contribution in [0.3, 0.4) is 0 Å². The molecule has 33 heavy (non-hydrogen) atoms. The first kappa shape index (κ1) is 25.7.